The van der Waals surface area contributed by atoms with Gasteiger partial charge >= 0.3 is 0 Å². The normalized spacial score (nSPS) is 19.2. The zero-order valence-corrected chi connectivity index (χ0v) is 30.4. The standard InChI is InChI=1S/C25H28O6.C17H19NO3/c1-24(2)9-8-16-20(30-24)7-6-14(23(16)29-5)11-18(26)17-10-15-12-22(28)25(3,4)31-21(15)13-19(17)27;19-17(18-10-4-1-5-11-18)7-3-2-6-14-8-9-15-16(12-14)21-13-20-15/h6-10,13,22,27-28H,11-12H2,1-5H3;2-3,6-9,12H,1,4-5,10-11,13H2. The number of likely N-dealkylation sites (tertiary alicyclic amines) is 1. The molecule has 0 bridgehead atoms. The summed E-state index contributed by atoms with van der Waals surface area (Å²) in [5, 5.41) is 20.8. The molecule has 3 aromatic carbocycles. The van der Waals surface area contributed by atoms with E-state index in [4.69, 9.17) is 23.7 Å². The first-order valence-electron chi connectivity index (χ1n) is 17.7. The monoisotopic (exact) mass is 709 g/mol. The summed E-state index contributed by atoms with van der Waals surface area (Å²) in [6.45, 7) is 9.57. The van der Waals surface area contributed by atoms with Gasteiger partial charge in [-0.15, -0.1) is 0 Å². The van der Waals surface area contributed by atoms with Crippen LogP contribution in [0, 0.1) is 0 Å². The number of benzene rings is 3. The molecule has 4 aliphatic heterocycles. The molecular formula is C42H47NO9. The number of hydrogen-bond donors (Lipinski definition) is 2. The van der Waals surface area contributed by atoms with Gasteiger partial charge in [0.05, 0.1) is 24.3 Å². The highest BCUT2D eigenvalue weighted by Crippen LogP contribution is 2.41. The van der Waals surface area contributed by atoms with Gasteiger partial charge in [0, 0.05) is 43.6 Å². The molecule has 10 nitrogen and oxygen atoms in total. The lowest BCUT2D eigenvalue weighted by Gasteiger charge is -2.37. The molecule has 0 aliphatic carbocycles. The van der Waals surface area contributed by atoms with E-state index in [1.807, 2.05) is 73.4 Å². The second-order valence-corrected chi connectivity index (χ2v) is 14.4. The smallest absolute Gasteiger partial charge is 0.246 e. The minimum absolute atomic E-state index is 0.0505. The summed E-state index contributed by atoms with van der Waals surface area (Å²) in [6.07, 6.45) is 14.3. The molecule has 3 aromatic rings. The predicted octanol–water partition coefficient (Wildman–Crippen LogP) is 7.08. The fourth-order valence-electron chi connectivity index (χ4n) is 6.56. The van der Waals surface area contributed by atoms with E-state index in [9.17, 15) is 19.8 Å². The zero-order valence-electron chi connectivity index (χ0n) is 30.4. The van der Waals surface area contributed by atoms with Crippen molar-refractivity contribution in [3.05, 3.63) is 94.6 Å². The molecule has 0 saturated carbocycles. The molecular weight excluding hydrogens is 662 g/mol. The summed E-state index contributed by atoms with van der Waals surface area (Å²) in [6, 6.07) is 12.5. The number of aromatic hydroxyl groups is 1. The molecule has 0 spiro atoms. The number of hydrogen-bond acceptors (Lipinski definition) is 9. The number of carbonyl (C=O) groups is 2. The van der Waals surface area contributed by atoms with Crippen molar-refractivity contribution in [3.63, 3.8) is 0 Å². The van der Waals surface area contributed by atoms with Gasteiger partial charge < -0.3 is 38.8 Å². The van der Waals surface area contributed by atoms with E-state index in [2.05, 4.69) is 0 Å². The van der Waals surface area contributed by atoms with E-state index in [-0.39, 0.29) is 36.2 Å². The number of phenolic OH excluding ortho intramolecular Hbond substituents is 1. The Bertz CT molecular complexity index is 1920. The topological polar surface area (TPSA) is 124 Å². The maximum absolute atomic E-state index is 13.1. The van der Waals surface area contributed by atoms with E-state index in [1.54, 1.807) is 39.2 Å². The van der Waals surface area contributed by atoms with Crippen molar-refractivity contribution in [1.82, 2.24) is 4.90 Å². The first kappa shape index (κ1) is 36.6. The van der Waals surface area contributed by atoms with Crippen LogP contribution in [-0.4, -0.2) is 71.1 Å². The Morgan fingerprint density at radius 2 is 1.67 bits per heavy atom. The van der Waals surface area contributed by atoms with E-state index in [0.29, 0.717) is 34.8 Å². The fourth-order valence-corrected chi connectivity index (χ4v) is 6.56. The Labute approximate surface area is 304 Å². The zero-order chi connectivity index (χ0) is 37.0. The summed E-state index contributed by atoms with van der Waals surface area (Å²) >= 11 is 0. The molecule has 10 heteroatoms. The average Bonchev–Trinajstić information content (AvgIpc) is 3.59. The van der Waals surface area contributed by atoms with E-state index >= 15 is 0 Å². The molecule has 1 unspecified atom stereocenters. The fraction of sp³-hybridized carbons (Fsp3) is 0.381. The third-order valence-electron chi connectivity index (χ3n) is 9.59. The summed E-state index contributed by atoms with van der Waals surface area (Å²) in [7, 11) is 1.56. The Morgan fingerprint density at radius 1 is 0.923 bits per heavy atom. The third kappa shape index (κ3) is 8.29. The first-order chi connectivity index (χ1) is 24.8. The second-order valence-electron chi connectivity index (χ2n) is 14.4. The van der Waals surface area contributed by atoms with Crippen LogP contribution in [0.3, 0.4) is 0 Å². The van der Waals surface area contributed by atoms with Gasteiger partial charge in [0.25, 0.3) is 0 Å². The number of allylic oxidation sites excluding steroid dienone is 2. The van der Waals surface area contributed by atoms with Crippen LogP contribution in [0.2, 0.25) is 0 Å². The molecule has 1 amide bonds. The van der Waals surface area contributed by atoms with Crippen molar-refractivity contribution in [2.45, 2.75) is 77.1 Å². The molecule has 1 saturated heterocycles. The summed E-state index contributed by atoms with van der Waals surface area (Å²) in [5.74, 6) is 3.03. The molecule has 4 aliphatic rings. The van der Waals surface area contributed by atoms with Crippen LogP contribution in [0.15, 0.2) is 66.8 Å². The van der Waals surface area contributed by atoms with Crippen LogP contribution >= 0.6 is 0 Å². The quantitative estimate of drug-likeness (QED) is 0.151. The summed E-state index contributed by atoms with van der Waals surface area (Å²) in [4.78, 5) is 26.9. The van der Waals surface area contributed by atoms with Crippen molar-refractivity contribution >= 4 is 23.8 Å². The van der Waals surface area contributed by atoms with Gasteiger partial charge in [0.1, 0.15) is 34.2 Å². The number of ketones is 1. The molecule has 7 rings (SSSR count). The number of amides is 1. The van der Waals surface area contributed by atoms with Gasteiger partial charge in [-0.1, -0.05) is 30.4 Å². The minimum atomic E-state index is -0.758. The van der Waals surface area contributed by atoms with Crippen LogP contribution in [0.25, 0.3) is 12.2 Å². The first-order valence-corrected chi connectivity index (χ1v) is 17.7. The van der Waals surface area contributed by atoms with Crippen LogP contribution in [0.4, 0.5) is 0 Å². The number of carbonyl (C=O) groups excluding carboxylic acids is 2. The second kappa shape index (κ2) is 15.2. The number of phenols is 1. The Balaban J connectivity index is 0.000000192. The number of fused-ring (bicyclic) bond motifs is 3. The number of ether oxygens (including phenoxy) is 5. The number of piperidine rings is 1. The highest BCUT2D eigenvalue weighted by atomic mass is 16.7. The van der Waals surface area contributed by atoms with Crippen molar-refractivity contribution in [2.24, 2.45) is 0 Å². The van der Waals surface area contributed by atoms with Crippen molar-refractivity contribution in [1.29, 1.82) is 0 Å². The summed E-state index contributed by atoms with van der Waals surface area (Å²) < 4.78 is 28.0. The van der Waals surface area contributed by atoms with Gasteiger partial charge in [-0.05, 0) is 94.5 Å². The van der Waals surface area contributed by atoms with Gasteiger partial charge in [0.2, 0.25) is 12.7 Å². The number of methoxy groups -OCH3 is 1. The molecule has 1 atom stereocenters. The average molecular weight is 710 g/mol. The lowest BCUT2D eigenvalue weighted by molar-refractivity contribution is -0.126. The molecule has 4 heterocycles. The number of aliphatic hydroxyl groups is 1. The van der Waals surface area contributed by atoms with Crippen molar-refractivity contribution in [3.8, 4) is 34.5 Å². The highest BCUT2D eigenvalue weighted by molar-refractivity contribution is 6.01. The molecule has 0 aromatic heterocycles. The number of aliphatic hydroxyl groups excluding tert-OH is 1. The van der Waals surface area contributed by atoms with Crippen LogP contribution in [0.1, 0.15) is 79.6 Å². The lowest BCUT2D eigenvalue weighted by Crippen LogP contribution is -2.46. The Kier molecular flexibility index (Phi) is 10.7. The SMILES string of the molecule is COc1c(CC(=O)c2cc3c(cc2O)OC(C)(C)C(O)C3)ccc2c1C=CC(C)(C)O2.O=C(C=CC=Cc1ccc2c(c1)OCO2)N1CCCCC1. The molecule has 1 fully saturated rings. The number of nitrogens with zero attached hydrogens (tertiary/aromatic N) is 1. The maximum atomic E-state index is 13.1. The molecule has 274 valence electrons. The van der Waals surface area contributed by atoms with Gasteiger partial charge in [-0.2, -0.15) is 0 Å². The Hall–Kier alpha value is -5.22. The number of rotatable bonds is 7. The van der Waals surface area contributed by atoms with Gasteiger partial charge in [-0.25, -0.2) is 0 Å². The third-order valence-corrected chi connectivity index (χ3v) is 9.59. The molecule has 52 heavy (non-hydrogen) atoms. The van der Waals surface area contributed by atoms with Gasteiger partial charge in [0.15, 0.2) is 17.3 Å². The van der Waals surface area contributed by atoms with E-state index < -0.39 is 17.3 Å². The van der Waals surface area contributed by atoms with E-state index in [0.717, 1.165) is 48.6 Å². The van der Waals surface area contributed by atoms with Crippen LogP contribution < -0.4 is 23.7 Å². The predicted molar refractivity (Wildman–Crippen MR) is 198 cm³/mol. The van der Waals surface area contributed by atoms with Crippen molar-refractivity contribution in [2.75, 3.05) is 27.0 Å². The van der Waals surface area contributed by atoms with Crippen molar-refractivity contribution < 1.29 is 43.5 Å². The van der Waals surface area contributed by atoms with Gasteiger partial charge in [-0.3, -0.25) is 9.59 Å². The van der Waals surface area contributed by atoms with Crippen LogP contribution in [0.5, 0.6) is 34.5 Å². The molecule has 2 N–H and O–H groups in total. The minimum Gasteiger partial charge on any atom is -0.507 e. The summed E-state index contributed by atoms with van der Waals surface area (Å²) in [5.41, 5.74) is 2.24. The number of Topliss-reactive ketones (excluding diaryl/α,β-unsaturated/α-hetero) is 1. The van der Waals surface area contributed by atoms with E-state index in [1.165, 1.54) is 12.5 Å². The largest absolute Gasteiger partial charge is 0.507 e. The highest BCUT2D eigenvalue weighted by Gasteiger charge is 2.36. The van der Waals surface area contributed by atoms with Crippen LogP contribution in [-0.2, 0) is 17.6 Å². The Morgan fingerprint density at radius 3 is 2.44 bits per heavy atom. The molecule has 0 radical (unpaired) electrons. The maximum Gasteiger partial charge on any atom is 0.246 e. The lowest BCUT2D eigenvalue weighted by atomic mass is 9.89.